The van der Waals surface area contributed by atoms with E-state index in [1.807, 2.05) is 6.92 Å². The molecule has 3 heteroatoms. The number of hydrogen-bond donors (Lipinski definition) is 1. The maximum absolute atomic E-state index is 4.64. The molecule has 2 aliphatic rings. The lowest BCUT2D eigenvalue weighted by Gasteiger charge is -2.11. The summed E-state index contributed by atoms with van der Waals surface area (Å²) in [6.45, 7) is 4.29. The zero-order valence-corrected chi connectivity index (χ0v) is 10.8. The normalized spacial score (nSPS) is 24.4. The Morgan fingerprint density at radius 3 is 2.94 bits per heavy atom. The van der Waals surface area contributed by atoms with E-state index in [0.717, 1.165) is 5.84 Å². The standard InChI is InChI=1S/C13H17N2P/c1-8-6-11(13-14-9(2)15-16-13)7-10-4-3-5-12(8)10/h6-7,13,16H,3-5H2,1-2H3,(H,14,15). The minimum absolute atomic E-state index is 0.365. The van der Waals surface area contributed by atoms with E-state index >= 15 is 0 Å². The van der Waals surface area contributed by atoms with Gasteiger partial charge < -0.3 is 5.09 Å². The summed E-state index contributed by atoms with van der Waals surface area (Å²) in [7, 11) is 0.715. The molecule has 1 aromatic carbocycles. The average molecular weight is 232 g/mol. The van der Waals surface area contributed by atoms with Crippen LogP contribution < -0.4 is 5.09 Å². The third-order valence-corrected chi connectivity index (χ3v) is 4.73. The Bertz CT molecular complexity index is 465. The van der Waals surface area contributed by atoms with Gasteiger partial charge in [0.05, 0.1) is 5.84 Å². The quantitative estimate of drug-likeness (QED) is 0.739. The molecule has 84 valence electrons. The highest BCUT2D eigenvalue weighted by molar-refractivity contribution is 7.37. The van der Waals surface area contributed by atoms with Gasteiger partial charge in [-0.15, -0.1) is 0 Å². The van der Waals surface area contributed by atoms with Crippen molar-refractivity contribution in [3.8, 4) is 0 Å². The van der Waals surface area contributed by atoms with Crippen LogP contribution in [0.25, 0.3) is 0 Å². The van der Waals surface area contributed by atoms with Crippen LogP contribution in [0.2, 0.25) is 0 Å². The molecule has 0 spiro atoms. The molecular weight excluding hydrogens is 215 g/mol. The SMILES string of the molecule is CC1=NC(c2cc(C)c3c(c2)CCC3)PN1. The summed E-state index contributed by atoms with van der Waals surface area (Å²) in [4.78, 5) is 4.64. The summed E-state index contributed by atoms with van der Waals surface area (Å²) in [5.41, 5.74) is 6.04. The molecule has 1 aromatic rings. The van der Waals surface area contributed by atoms with Crippen molar-refractivity contribution in [3.05, 3.63) is 34.4 Å². The second kappa shape index (κ2) is 3.85. The Kier molecular flexibility index (Phi) is 2.48. The lowest BCUT2D eigenvalue weighted by Crippen LogP contribution is -2.02. The van der Waals surface area contributed by atoms with Crippen LogP contribution in [-0.4, -0.2) is 5.84 Å². The molecule has 0 saturated carbocycles. The zero-order chi connectivity index (χ0) is 11.1. The molecule has 1 aliphatic carbocycles. The number of fused-ring (bicyclic) bond motifs is 1. The number of hydrogen-bond acceptors (Lipinski definition) is 2. The van der Waals surface area contributed by atoms with Crippen LogP contribution in [0.4, 0.5) is 0 Å². The molecule has 1 N–H and O–H groups in total. The van der Waals surface area contributed by atoms with Gasteiger partial charge in [-0.25, -0.2) is 0 Å². The molecule has 0 aromatic heterocycles. The lowest BCUT2D eigenvalue weighted by molar-refractivity contribution is 0.909. The molecule has 0 bridgehead atoms. The highest BCUT2D eigenvalue weighted by Crippen LogP contribution is 2.39. The average Bonchev–Trinajstić information content (AvgIpc) is 2.85. The fourth-order valence-electron chi connectivity index (χ4n) is 2.70. The van der Waals surface area contributed by atoms with Crippen molar-refractivity contribution in [1.29, 1.82) is 0 Å². The van der Waals surface area contributed by atoms with Gasteiger partial charge in [0.1, 0.15) is 5.78 Å². The predicted molar refractivity (Wildman–Crippen MR) is 70.5 cm³/mol. The third kappa shape index (κ3) is 1.66. The van der Waals surface area contributed by atoms with Gasteiger partial charge in [0, 0.05) is 8.73 Å². The summed E-state index contributed by atoms with van der Waals surface area (Å²) in [5.74, 6) is 1.45. The van der Waals surface area contributed by atoms with Crippen LogP contribution in [0.15, 0.2) is 17.1 Å². The van der Waals surface area contributed by atoms with E-state index in [-0.39, 0.29) is 0 Å². The van der Waals surface area contributed by atoms with Gasteiger partial charge in [-0.2, -0.15) is 0 Å². The van der Waals surface area contributed by atoms with Crippen molar-refractivity contribution in [2.24, 2.45) is 4.99 Å². The van der Waals surface area contributed by atoms with Gasteiger partial charge in [0.2, 0.25) is 0 Å². The summed E-state index contributed by atoms with van der Waals surface area (Å²) in [6, 6.07) is 4.72. The summed E-state index contributed by atoms with van der Waals surface area (Å²) in [5, 5.41) is 3.33. The van der Waals surface area contributed by atoms with E-state index < -0.39 is 0 Å². The van der Waals surface area contributed by atoms with E-state index in [4.69, 9.17) is 0 Å². The number of nitrogens with one attached hydrogen (secondary N) is 1. The molecule has 1 aliphatic heterocycles. The second-order valence-corrected chi connectivity index (χ2v) is 5.80. The van der Waals surface area contributed by atoms with Gasteiger partial charge in [-0.05, 0) is 55.4 Å². The van der Waals surface area contributed by atoms with Crippen LogP contribution >= 0.6 is 8.73 Å². The number of aliphatic imine (C=N–C) groups is 1. The van der Waals surface area contributed by atoms with E-state index in [9.17, 15) is 0 Å². The van der Waals surface area contributed by atoms with Crippen molar-refractivity contribution in [1.82, 2.24) is 5.09 Å². The second-order valence-electron chi connectivity index (χ2n) is 4.72. The molecule has 0 radical (unpaired) electrons. The summed E-state index contributed by atoms with van der Waals surface area (Å²) >= 11 is 0. The maximum atomic E-state index is 4.64. The Labute approximate surface area is 98.4 Å². The Morgan fingerprint density at radius 2 is 2.19 bits per heavy atom. The van der Waals surface area contributed by atoms with E-state index in [2.05, 4.69) is 29.1 Å². The molecule has 2 nitrogen and oxygen atoms in total. The predicted octanol–water partition coefficient (Wildman–Crippen LogP) is 3.10. The van der Waals surface area contributed by atoms with Crippen molar-refractivity contribution < 1.29 is 0 Å². The first-order valence-electron chi connectivity index (χ1n) is 5.92. The highest BCUT2D eigenvalue weighted by Gasteiger charge is 2.20. The van der Waals surface area contributed by atoms with Crippen LogP contribution in [0.1, 0.15) is 41.4 Å². The molecule has 3 rings (SSSR count). The first-order chi connectivity index (χ1) is 7.74. The van der Waals surface area contributed by atoms with Crippen molar-refractivity contribution >= 4 is 14.6 Å². The number of nitrogens with zero attached hydrogens (tertiary/aromatic N) is 1. The smallest absolute Gasteiger partial charge is 0.112 e. The summed E-state index contributed by atoms with van der Waals surface area (Å²) in [6.07, 6.45) is 3.86. The summed E-state index contributed by atoms with van der Waals surface area (Å²) < 4.78 is 0. The number of rotatable bonds is 1. The Balaban J connectivity index is 2.00. The first-order valence-corrected chi connectivity index (χ1v) is 7.00. The van der Waals surface area contributed by atoms with Crippen molar-refractivity contribution in [2.75, 3.05) is 0 Å². The minimum Gasteiger partial charge on any atom is -0.353 e. The van der Waals surface area contributed by atoms with Gasteiger partial charge in [-0.1, -0.05) is 12.1 Å². The van der Waals surface area contributed by atoms with Crippen molar-refractivity contribution in [3.63, 3.8) is 0 Å². The van der Waals surface area contributed by atoms with E-state index in [1.54, 1.807) is 11.1 Å². The third-order valence-electron chi connectivity index (χ3n) is 3.49. The monoisotopic (exact) mass is 232 g/mol. The number of amidine groups is 1. The molecule has 2 unspecified atom stereocenters. The topological polar surface area (TPSA) is 24.4 Å². The minimum atomic E-state index is 0.365. The molecule has 0 fully saturated rings. The van der Waals surface area contributed by atoms with E-state index in [0.29, 0.717) is 14.5 Å². The molecular formula is C13H17N2P. The first kappa shape index (κ1) is 10.3. The van der Waals surface area contributed by atoms with E-state index in [1.165, 1.54) is 30.4 Å². The molecule has 0 saturated heterocycles. The van der Waals surface area contributed by atoms with Gasteiger partial charge in [0.25, 0.3) is 0 Å². The molecule has 0 amide bonds. The van der Waals surface area contributed by atoms with Crippen LogP contribution in [0.3, 0.4) is 0 Å². The van der Waals surface area contributed by atoms with Gasteiger partial charge in [-0.3, -0.25) is 4.99 Å². The van der Waals surface area contributed by atoms with Gasteiger partial charge in [0.15, 0.2) is 0 Å². The molecule has 1 heterocycles. The zero-order valence-electron chi connectivity index (χ0n) is 9.80. The lowest BCUT2D eigenvalue weighted by atomic mass is 10.0. The van der Waals surface area contributed by atoms with Gasteiger partial charge >= 0.3 is 0 Å². The van der Waals surface area contributed by atoms with Crippen molar-refractivity contribution in [2.45, 2.75) is 38.9 Å². The maximum Gasteiger partial charge on any atom is 0.112 e. The fraction of sp³-hybridized carbons (Fsp3) is 0.462. The molecule has 2 atom stereocenters. The highest BCUT2D eigenvalue weighted by atomic mass is 31.1. The number of aryl methyl sites for hydroxylation is 2. The Hall–Kier alpha value is -0.880. The van der Waals surface area contributed by atoms with Crippen LogP contribution in [0, 0.1) is 6.92 Å². The van der Waals surface area contributed by atoms with Crippen LogP contribution in [-0.2, 0) is 12.8 Å². The van der Waals surface area contributed by atoms with Crippen LogP contribution in [0.5, 0.6) is 0 Å². The molecule has 16 heavy (non-hydrogen) atoms. The largest absolute Gasteiger partial charge is 0.353 e. The Morgan fingerprint density at radius 1 is 1.31 bits per heavy atom. The fourth-order valence-corrected chi connectivity index (χ4v) is 3.71. The number of benzene rings is 1.